The highest BCUT2D eigenvalue weighted by Gasteiger charge is 2.22. The molecule has 0 saturated carbocycles. The van der Waals surface area contributed by atoms with Gasteiger partial charge in [0, 0.05) is 38.6 Å². The number of ether oxygens (including phenoxy) is 1. The number of piperazine rings is 1. The Morgan fingerprint density at radius 3 is 2.55 bits per heavy atom. The monoisotopic (exact) mass is 276 g/mol. The predicted octanol–water partition coefficient (Wildman–Crippen LogP) is 2.00. The van der Waals surface area contributed by atoms with E-state index in [9.17, 15) is 4.79 Å². The molecule has 0 atom stereocenters. The van der Waals surface area contributed by atoms with Gasteiger partial charge in [0.05, 0.1) is 7.11 Å². The number of hydrogen-bond donors (Lipinski definition) is 0. The summed E-state index contributed by atoms with van der Waals surface area (Å²) in [4.78, 5) is 16.3. The molecular weight excluding hydrogens is 252 g/mol. The highest BCUT2D eigenvalue weighted by atomic mass is 16.5. The van der Waals surface area contributed by atoms with E-state index in [0.717, 1.165) is 38.5 Å². The first-order chi connectivity index (χ1) is 9.60. The molecule has 0 radical (unpaired) electrons. The van der Waals surface area contributed by atoms with Crippen LogP contribution in [0.3, 0.4) is 0 Å². The van der Waals surface area contributed by atoms with E-state index in [-0.39, 0.29) is 11.8 Å². The molecule has 2 rings (SSSR count). The van der Waals surface area contributed by atoms with Gasteiger partial charge in [-0.05, 0) is 17.7 Å². The molecule has 1 heterocycles. The normalized spacial score (nSPS) is 16.5. The lowest BCUT2D eigenvalue weighted by molar-refractivity contribution is -0.136. The maximum atomic E-state index is 11.9. The molecule has 0 bridgehead atoms. The lowest BCUT2D eigenvalue weighted by Crippen LogP contribution is -2.49. The standard InChI is InChI=1S/C16H24N2O2/c1-13(2)16(19)18-9-7-17(8-10-18)12-14-5-4-6-15(11-14)20-3/h4-6,11,13H,7-10,12H2,1-3H3. The molecule has 1 aliphatic rings. The maximum Gasteiger partial charge on any atom is 0.225 e. The fourth-order valence-corrected chi connectivity index (χ4v) is 2.52. The number of carbonyl (C=O) groups excluding carboxylic acids is 1. The summed E-state index contributed by atoms with van der Waals surface area (Å²) in [6, 6.07) is 8.18. The van der Waals surface area contributed by atoms with Crippen LogP contribution >= 0.6 is 0 Å². The fourth-order valence-electron chi connectivity index (χ4n) is 2.52. The van der Waals surface area contributed by atoms with Crippen LogP contribution in [0.5, 0.6) is 5.75 Å². The fraction of sp³-hybridized carbons (Fsp3) is 0.562. The number of hydrogen-bond acceptors (Lipinski definition) is 3. The zero-order chi connectivity index (χ0) is 14.5. The topological polar surface area (TPSA) is 32.8 Å². The minimum absolute atomic E-state index is 0.0972. The Hall–Kier alpha value is -1.55. The Morgan fingerprint density at radius 2 is 1.95 bits per heavy atom. The lowest BCUT2D eigenvalue weighted by atomic mass is 10.1. The van der Waals surface area contributed by atoms with Crippen molar-refractivity contribution in [3.63, 3.8) is 0 Å². The van der Waals surface area contributed by atoms with E-state index in [1.54, 1.807) is 7.11 Å². The van der Waals surface area contributed by atoms with Crippen LogP contribution in [0.2, 0.25) is 0 Å². The molecule has 1 amide bonds. The Morgan fingerprint density at radius 1 is 1.25 bits per heavy atom. The molecule has 0 aliphatic carbocycles. The molecule has 1 aromatic rings. The van der Waals surface area contributed by atoms with E-state index in [4.69, 9.17) is 4.74 Å². The van der Waals surface area contributed by atoms with E-state index in [1.807, 2.05) is 30.9 Å². The zero-order valence-electron chi connectivity index (χ0n) is 12.6. The first-order valence-electron chi connectivity index (χ1n) is 7.24. The van der Waals surface area contributed by atoms with Gasteiger partial charge < -0.3 is 9.64 Å². The Kier molecular flexibility index (Phi) is 5.01. The number of carbonyl (C=O) groups is 1. The average Bonchev–Trinajstić information content (AvgIpc) is 2.47. The van der Waals surface area contributed by atoms with Crippen molar-refractivity contribution in [3.05, 3.63) is 29.8 Å². The minimum atomic E-state index is 0.0972. The van der Waals surface area contributed by atoms with Gasteiger partial charge in [-0.25, -0.2) is 0 Å². The molecule has 0 aromatic heterocycles. The van der Waals surface area contributed by atoms with Crippen LogP contribution in [-0.2, 0) is 11.3 Å². The Bertz CT molecular complexity index is 452. The first-order valence-corrected chi connectivity index (χ1v) is 7.24. The number of methoxy groups -OCH3 is 1. The minimum Gasteiger partial charge on any atom is -0.497 e. The molecule has 0 N–H and O–H groups in total. The maximum absolute atomic E-state index is 11.9. The zero-order valence-corrected chi connectivity index (χ0v) is 12.6. The third-order valence-electron chi connectivity index (χ3n) is 3.72. The van der Waals surface area contributed by atoms with Gasteiger partial charge >= 0.3 is 0 Å². The van der Waals surface area contributed by atoms with Crippen LogP contribution in [0, 0.1) is 5.92 Å². The van der Waals surface area contributed by atoms with Gasteiger partial charge in [0.15, 0.2) is 0 Å². The van der Waals surface area contributed by atoms with Crippen LogP contribution in [0.4, 0.5) is 0 Å². The second-order valence-corrected chi connectivity index (χ2v) is 5.61. The van der Waals surface area contributed by atoms with E-state index in [1.165, 1.54) is 5.56 Å². The Balaban J connectivity index is 1.86. The van der Waals surface area contributed by atoms with Gasteiger partial charge in [0.1, 0.15) is 5.75 Å². The summed E-state index contributed by atoms with van der Waals surface area (Å²) in [7, 11) is 1.69. The third kappa shape index (κ3) is 3.73. The molecule has 1 aromatic carbocycles. The molecule has 0 unspecified atom stereocenters. The molecule has 1 saturated heterocycles. The van der Waals surface area contributed by atoms with Crippen LogP contribution in [0.25, 0.3) is 0 Å². The summed E-state index contributed by atoms with van der Waals surface area (Å²) >= 11 is 0. The van der Waals surface area contributed by atoms with Crippen LogP contribution in [0.15, 0.2) is 24.3 Å². The molecule has 1 fully saturated rings. The molecule has 0 spiro atoms. The predicted molar refractivity (Wildman–Crippen MR) is 79.7 cm³/mol. The van der Waals surface area contributed by atoms with Gasteiger partial charge in [-0.3, -0.25) is 9.69 Å². The lowest BCUT2D eigenvalue weighted by Gasteiger charge is -2.35. The quantitative estimate of drug-likeness (QED) is 0.843. The molecule has 4 nitrogen and oxygen atoms in total. The van der Waals surface area contributed by atoms with E-state index >= 15 is 0 Å². The molecular formula is C16H24N2O2. The van der Waals surface area contributed by atoms with Crippen LogP contribution in [-0.4, -0.2) is 49.0 Å². The second-order valence-electron chi connectivity index (χ2n) is 5.61. The van der Waals surface area contributed by atoms with Crippen molar-refractivity contribution >= 4 is 5.91 Å². The molecule has 1 aliphatic heterocycles. The highest BCUT2D eigenvalue weighted by molar-refractivity contribution is 5.78. The molecule has 110 valence electrons. The smallest absolute Gasteiger partial charge is 0.225 e. The van der Waals surface area contributed by atoms with E-state index in [0.29, 0.717) is 0 Å². The average molecular weight is 276 g/mol. The number of amides is 1. The summed E-state index contributed by atoms with van der Waals surface area (Å²) in [6.07, 6.45) is 0. The molecule has 4 heteroatoms. The van der Waals surface area contributed by atoms with Gasteiger partial charge in [-0.1, -0.05) is 26.0 Å². The van der Waals surface area contributed by atoms with Crippen molar-refractivity contribution in [1.82, 2.24) is 9.80 Å². The van der Waals surface area contributed by atoms with Crippen molar-refractivity contribution < 1.29 is 9.53 Å². The largest absolute Gasteiger partial charge is 0.497 e. The van der Waals surface area contributed by atoms with Crippen molar-refractivity contribution in [2.75, 3.05) is 33.3 Å². The van der Waals surface area contributed by atoms with Gasteiger partial charge in [0.25, 0.3) is 0 Å². The summed E-state index contributed by atoms with van der Waals surface area (Å²) < 4.78 is 5.25. The van der Waals surface area contributed by atoms with Crippen molar-refractivity contribution in [2.24, 2.45) is 5.92 Å². The SMILES string of the molecule is COc1cccc(CN2CCN(C(=O)C(C)C)CC2)c1. The van der Waals surface area contributed by atoms with Crippen molar-refractivity contribution in [3.8, 4) is 5.75 Å². The van der Waals surface area contributed by atoms with Crippen molar-refractivity contribution in [2.45, 2.75) is 20.4 Å². The summed E-state index contributed by atoms with van der Waals surface area (Å²) in [5, 5.41) is 0. The van der Waals surface area contributed by atoms with E-state index < -0.39 is 0 Å². The summed E-state index contributed by atoms with van der Waals surface area (Å²) in [5.74, 6) is 1.27. The number of nitrogens with zero attached hydrogens (tertiary/aromatic N) is 2. The number of benzene rings is 1. The van der Waals surface area contributed by atoms with Crippen molar-refractivity contribution in [1.29, 1.82) is 0 Å². The first kappa shape index (κ1) is 14.9. The number of rotatable bonds is 4. The van der Waals surface area contributed by atoms with Gasteiger partial charge in [-0.15, -0.1) is 0 Å². The van der Waals surface area contributed by atoms with Crippen LogP contribution < -0.4 is 4.74 Å². The van der Waals surface area contributed by atoms with Crippen LogP contribution in [0.1, 0.15) is 19.4 Å². The van der Waals surface area contributed by atoms with Gasteiger partial charge in [-0.2, -0.15) is 0 Å². The third-order valence-corrected chi connectivity index (χ3v) is 3.72. The second kappa shape index (κ2) is 6.75. The highest BCUT2D eigenvalue weighted by Crippen LogP contribution is 2.15. The summed E-state index contributed by atoms with van der Waals surface area (Å²) in [6.45, 7) is 8.39. The Labute approximate surface area is 121 Å². The van der Waals surface area contributed by atoms with E-state index in [2.05, 4.69) is 17.0 Å². The van der Waals surface area contributed by atoms with Gasteiger partial charge in [0.2, 0.25) is 5.91 Å². The molecule has 20 heavy (non-hydrogen) atoms. The summed E-state index contributed by atoms with van der Waals surface area (Å²) in [5.41, 5.74) is 1.26.